The number of hydrogen-bond acceptors (Lipinski definition) is 8. The molecule has 1 aliphatic heterocycles. The standard InChI is InChI=1S/C28H25N9OS/c38-23(12-16-5-8-29-9-6-16)32-18-13-17(14-30-15-18)19-3-4-21-25(33-19)27(37-36-21)28-34-20-7-10-31-26(24(20)35-28)22-2-1-11-39-22/h1-4,7,10-11,13-16,29H,5-6,8-9,12H2,(H,32,38)(H,34,35)(H,36,37). The van der Waals surface area contributed by atoms with Crippen LogP contribution in [0.5, 0.6) is 0 Å². The average Bonchev–Trinajstić information content (AvgIpc) is 3.73. The number of piperidine rings is 1. The lowest BCUT2D eigenvalue weighted by Crippen LogP contribution is -2.30. The van der Waals surface area contributed by atoms with Gasteiger partial charge < -0.3 is 15.6 Å². The predicted octanol–water partition coefficient (Wildman–Crippen LogP) is 5.01. The minimum Gasteiger partial charge on any atom is -0.336 e. The van der Waals surface area contributed by atoms with Crippen LogP contribution in [0.1, 0.15) is 19.3 Å². The molecule has 6 aromatic rings. The Balaban J connectivity index is 1.19. The highest BCUT2D eigenvalue weighted by molar-refractivity contribution is 7.13. The van der Waals surface area contributed by atoms with Gasteiger partial charge in [0.1, 0.15) is 16.7 Å². The van der Waals surface area contributed by atoms with E-state index in [0.717, 1.165) is 64.3 Å². The number of rotatable bonds is 6. The van der Waals surface area contributed by atoms with Crippen molar-refractivity contribution in [1.29, 1.82) is 0 Å². The molecule has 0 aromatic carbocycles. The molecule has 1 amide bonds. The number of pyridine rings is 3. The highest BCUT2D eigenvalue weighted by Crippen LogP contribution is 2.32. The molecule has 7 heterocycles. The van der Waals surface area contributed by atoms with Crippen LogP contribution < -0.4 is 10.6 Å². The van der Waals surface area contributed by atoms with Crippen molar-refractivity contribution >= 4 is 45.0 Å². The van der Waals surface area contributed by atoms with Crippen molar-refractivity contribution in [2.45, 2.75) is 19.3 Å². The Bertz CT molecular complexity index is 1780. The maximum atomic E-state index is 12.6. The molecule has 10 nitrogen and oxygen atoms in total. The Morgan fingerprint density at radius 3 is 2.79 bits per heavy atom. The van der Waals surface area contributed by atoms with E-state index < -0.39 is 0 Å². The molecule has 1 aliphatic rings. The van der Waals surface area contributed by atoms with Gasteiger partial charge in [0, 0.05) is 24.4 Å². The summed E-state index contributed by atoms with van der Waals surface area (Å²) in [7, 11) is 0. The van der Waals surface area contributed by atoms with E-state index in [4.69, 9.17) is 9.97 Å². The zero-order valence-corrected chi connectivity index (χ0v) is 21.8. The third kappa shape index (κ3) is 4.66. The number of carbonyl (C=O) groups excluding carboxylic acids is 1. The zero-order chi connectivity index (χ0) is 26.2. The van der Waals surface area contributed by atoms with Crippen molar-refractivity contribution in [2.24, 2.45) is 5.92 Å². The number of nitrogens with zero attached hydrogens (tertiary/aromatic N) is 5. The van der Waals surface area contributed by atoms with Crippen LogP contribution in [0, 0.1) is 5.92 Å². The molecule has 0 aliphatic carbocycles. The fourth-order valence-corrected chi connectivity index (χ4v) is 5.80. The number of aromatic amines is 2. The summed E-state index contributed by atoms with van der Waals surface area (Å²) in [4.78, 5) is 35.8. The van der Waals surface area contributed by atoms with Gasteiger partial charge in [-0.05, 0) is 67.6 Å². The van der Waals surface area contributed by atoms with Crippen molar-refractivity contribution < 1.29 is 4.79 Å². The average molecular weight is 536 g/mol. The van der Waals surface area contributed by atoms with Crippen LogP contribution in [0.3, 0.4) is 0 Å². The van der Waals surface area contributed by atoms with Gasteiger partial charge in [-0.25, -0.2) is 9.97 Å². The first kappa shape index (κ1) is 23.6. The van der Waals surface area contributed by atoms with E-state index in [9.17, 15) is 4.79 Å². The van der Waals surface area contributed by atoms with Crippen LogP contribution in [0.15, 0.2) is 60.4 Å². The van der Waals surface area contributed by atoms with Gasteiger partial charge in [-0.1, -0.05) is 6.07 Å². The summed E-state index contributed by atoms with van der Waals surface area (Å²) in [5, 5.41) is 16.0. The maximum absolute atomic E-state index is 12.6. The van der Waals surface area contributed by atoms with E-state index in [0.29, 0.717) is 35.1 Å². The minimum atomic E-state index is 0.0164. The Kier molecular flexibility index (Phi) is 6.06. The van der Waals surface area contributed by atoms with Crippen LogP contribution in [0.25, 0.3) is 55.4 Å². The van der Waals surface area contributed by atoms with Gasteiger partial charge in [0.2, 0.25) is 5.91 Å². The van der Waals surface area contributed by atoms with Gasteiger partial charge in [0.25, 0.3) is 0 Å². The number of nitrogens with one attached hydrogen (secondary N) is 4. The number of aromatic nitrogens is 7. The summed E-state index contributed by atoms with van der Waals surface area (Å²) in [6, 6.07) is 11.7. The molecule has 4 N–H and O–H groups in total. The number of H-pyrrole nitrogens is 2. The molecule has 39 heavy (non-hydrogen) atoms. The van der Waals surface area contributed by atoms with Crippen molar-refractivity contribution in [3.8, 4) is 33.3 Å². The second-order valence-corrected chi connectivity index (χ2v) is 10.6. The second kappa shape index (κ2) is 10.0. The molecule has 1 saturated heterocycles. The highest BCUT2D eigenvalue weighted by atomic mass is 32.1. The molecule has 0 atom stereocenters. The number of anilines is 1. The summed E-state index contributed by atoms with van der Waals surface area (Å²) in [6.45, 7) is 1.94. The first-order valence-electron chi connectivity index (χ1n) is 12.9. The second-order valence-electron chi connectivity index (χ2n) is 9.69. The summed E-state index contributed by atoms with van der Waals surface area (Å²) < 4.78 is 0. The van der Waals surface area contributed by atoms with Gasteiger partial charge >= 0.3 is 0 Å². The molecule has 7 rings (SSSR count). The topological polar surface area (TPSA) is 137 Å². The van der Waals surface area contributed by atoms with Crippen LogP contribution in [0.4, 0.5) is 5.69 Å². The van der Waals surface area contributed by atoms with Crippen LogP contribution in [-0.4, -0.2) is 54.1 Å². The van der Waals surface area contributed by atoms with Crippen molar-refractivity contribution in [3.05, 3.63) is 60.4 Å². The van der Waals surface area contributed by atoms with E-state index in [1.54, 1.807) is 29.9 Å². The van der Waals surface area contributed by atoms with Crippen molar-refractivity contribution in [2.75, 3.05) is 18.4 Å². The van der Waals surface area contributed by atoms with Gasteiger partial charge in [-0.15, -0.1) is 11.3 Å². The Morgan fingerprint density at radius 1 is 1.03 bits per heavy atom. The quantitative estimate of drug-likeness (QED) is 0.235. The Hall–Kier alpha value is -4.48. The lowest BCUT2D eigenvalue weighted by atomic mass is 9.94. The number of amides is 1. The van der Waals surface area contributed by atoms with Gasteiger partial charge in [-0.2, -0.15) is 5.10 Å². The summed E-state index contributed by atoms with van der Waals surface area (Å²) in [5.74, 6) is 1.05. The highest BCUT2D eigenvalue weighted by Gasteiger charge is 2.19. The molecule has 11 heteroatoms. The lowest BCUT2D eigenvalue weighted by Gasteiger charge is -2.21. The predicted molar refractivity (Wildman–Crippen MR) is 152 cm³/mol. The number of hydrogen-bond donors (Lipinski definition) is 4. The molecule has 194 valence electrons. The minimum absolute atomic E-state index is 0.0164. The van der Waals surface area contributed by atoms with E-state index in [2.05, 4.69) is 35.8 Å². The zero-order valence-electron chi connectivity index (χ0n) is 20.9. The number of fused-ring (bicyclic) bond motifs is 2. The molecule has 0 spiro atoms. The third-order valence-corrected chi connectivity index (χ3v) is 7.91. The Labute approximate surface area is 227 Å². The molecular weight excluding hydrogens is 510 g/mol. The van der Waals surface area contributed by atoms with Crippen LogP contribution in [0.2, 0.25) is 0 Å². The third-order valence-electron chi connectivity index (χ3n) is 7.04. The monoisotopic (exact) mass is 535 g/mol. The van der Waals surface area contributed by atoms with E-state index in [1.165, 1.54) is 0 Å². The fraction of sp³-hybridized carbons (Fsp3) is 0.214. The van der Waals surface area contributed by atoms with Crippen LogP contribution >= 0.6 is 11.3 Å². The molecule has 0 unspecified atom stereocenters. The smallest absolute Gasteiger partial charge is 0.224 e. The molecule has 1 fully saturated rings. The van der Waals surface area contributed by atoms with E-state index >= 15 is 0 Å². The van der Waals surface area contributed by atoms with Crippen LogP contribution in [-0.2, 0) is 4.79 Å². The first-order valence-corrected chi connectivity index (χ1v) is 13.8. The molecule has 6 aromatic heterocycles. The summed E-state index contributed by atoms with van der Waals surface area (Å²) in [6.07, 6.45) is 7.77. The molecule has 0 saturated carbocycles. The van der Waals surface area contributed by atoms with Gasteiger partial charge in [-0.3, -0.25) is 19.9 Å². The van der Waals surface area contributed by atoms with Crippen molar-refractivity contribution in [1.82, 2.24) is 40.4 Å². The van der Waals surface area contributed by atoms with E-state index in [-0.39, 0.29) is 5.91 Å². The lowest BCUT2D eigenvalue weighted by molar-refractivity contribution is -0.117. The largest absolute Gasteiger partial charge is 0.336 e. The fourth-order valence-electron chi connectivity index (χ4n) is 5.07. The molecule has 0 bridgehead atoms. The van der Waals surface area contributed by atoms with E-state index in [1.807, 2.05) is 41.8 Å². The van der Waals surface area contributed by atoms with Crippen molar-refractivity contribution in [3.63, 3.8) is 0 Å². The summed E-state index contributed by atoms with van der Waals surface area (Å²) >= 11 is 1.63. The Morgan fingerprint density at radius 2 is 1.92 bits per heavy atom. The van der Waals surface area contributed by atoms with Gasteiger partial charge in [0.15, 0.2) is 11.5 Å². The SMILES string of the molecule is O=C(CC1CCNCC1)Nc1cncc(-c2ccc3[nH]nc(-c4nc5c(-c6cccs6)nccc5[nH]4)c3n2)c1. The number of imidazole rings is 1. The number of thiophene rings is 1. The maximum Gasteiger partial charge on any atom is 0.224 e. The number of carbonyl (C=O) groups is 1. The molecular formula is C28H25N9OS. The normalized spacial score (nSPS) is 14.3. The summed E-state index contributed by atoms with van der Waals surface area (Å²) in [5.41, 5.74) is 6.81. The molecule has 0 radical (unpaired) electrons. The van der Waals surface area contributed by atoms with Gasteiger partial charge in [0.05, 0.1) is 33.5 Å². The first-order chi connectivity index (χ1) is 19.2.